The van der Waals surface area contributed by atoms with Crippen LogP contribution in [0.25, 0.3) is 11.7 Å². The molecule has 0 bridgehead atoms. The predicted octanol–water partition coefficient (Wildman–Crippen LogP) is 3.65. The van der Waals surface area contributed by atoms with E-state index in [1.807, 2.05) is 34.9 Å². The highest BCUT2D eigenvalue weighted by Gasteiger charge is 2.07. The summed E-state index contributed by atoms with van der Waals surface area (Å²) in [6.45, 7) is 0. The lowest BCUT2D eigenvalue weighted by Gasteiger charge is -2.04. The Bertz CT molecular complexity index is 886. The molecular formula is C17H14ClN3O2. The summed E-state index contributed by atoms with van der Waals surface area (Å²) in [6, 6.07) is 12.7. The number of benzene rings is 1. The highest BCUT2D eigenvalue weighted by molar-refractivity contribution is 6.31. The van der Waals surface area contributed by atoms with Gasteiger partial charge in [-0.05, 0) is 30.3 Å². The van der Waals surface area contributed by atoms with Gasteiger partial charge >= 0.3 is 0 Å². The van der Waals surface area contributed by atoms with Gasteiger partial charge in [0.25, 0.3) is 0 Å². The van der Waals surface area contributed by atoms with Crippen molar-refractivity contribution in [3.05, 3.63) is 65.6 Å². The highest BCUT2D eigenvalue weighted by Crippen LogP contribution is 2.19. The molecule has 0 spiro atoms. The Morgan fingerprint density at radius 1 is 1.30 bits per heavy atom. The summed E-state index contributed by atoms with van der Waals surface area (Å²) in [5.41, 5.74) is 2.04. The van der Waals surface area contributed by atoms with E-state index in [0.717, 1.165) is 5.65 Å². The number of methoxy groups -OCH3 is 1. The van der Waals surface area contributed by atoms with Crippen LogP contribution in [0.2, 0.25) is 5.15 Å². The number of ether oxygens (including phenoxy) is 1. The van der Waals surface area contributed by atoms with Gasteiger partial charge in [-0.25, -0.2) is 4.98 Å². The summed E-state index contributed by atoms with van der Waals surface area (Å²) in [7, 11) is 1.58. The first-order valence-corrected chi connectivity index (χ1v) is 7.31. The summed E-state index contributed by atoms with van der Waals surface area (Å²) >= 11 is 6.12. The number of nitrogens with zero attached hydrogens (tertiary/aromatic N) is 2. The molecule has 0 aliphatic heterocycles. The number of fused-ring (bicyclic) bond motifs is 1. The Hall–Kier alpha value is -2.79. The number of amides is 1. The van der Waals surface area contributed by atoms with Crippen molar-refractivity contribution in [2.24, 2.45) is 0 Å². The predicted molar refractivity (Wildman–Crippen MR) is 90.9 cm³/mol. The van der Waals surface area contributed by atoms with Crippen LogP contribution in [0.5, 0.6) is 5.75 Å². The molecule has 1 amide bonds. The molecule has 0 saturated heterocycles. The summed E-state index contributed by atoms with van der Waals surface area (Å²) in [5.74, 6) is 0.414. The van der Waals surface area contributed by atoms with Gasteiger partial charge in [0, 0.05) is 24.0 Å². The second-order valence-electron chi connectivity index (χ2n) is 4.77. The third-order valence-corrected chi connectivity index (χ3v) is 3.53. The molecule has 1 aromatic carbocycles. The van der Waals surface area contributed by atoms with Gasteiger partial charge in [-0.15, -0.1) is 0 Å². The Morgan fingerprint density at radius 3 is 3.00 bits per heavy atom. The summed E-state index contributed by atoms with van der Waals surface area (Å²) in [6.07, 6.45) is 4.90. The molecule has 23 heavy (non-hydrogen) atoms. The molecule has 116 valence electrons. The Balaban J connectivity index is 1.78. The zero-order chi connectivity index (χ0) is 16.2. The Morgan fingerprint density at radius 2 is 2.17 bits per heavy atom. The van der Waals surface area contributed by atoms with Crippen molar-refractivity contribution in [3.63, 3.8) is 0 Å². The smallest absolute Gasteiger partial charge is 0.248 e. The fourth-order valence-corrected chi connectivity index (χ4v) is 2.42. The minimum absolute atomic E-state index is 0.264. The molecule has 0 unspecified atom stereocenters. The largest absolute Gasteiger partial charge is 0.497 e. The topological polar surface area (TPSA) is 55.6 Å². The molecule has 3 rings (SSSR count). The number of imidazole rings is 1. The normalized spacial score (nSPS) is 11.0. The molecule has 0 radical (unpaired) electrons. The third-order valence-electron chi connectivity index (χ3n) is 3.25. The second-order valence-corrected chi connectivity index (χ2v) is 5.13. The molecule has 1 N–H and O–H groups in total. The van der Waals surface area contributed by atoms with Gasteiger partial charge in [0.2, 0.25) is 5.91 Å². The number of nitrogens with one attached hydrogen (secondary N) is 1. The second kappa shape index (κ2) is 6.54. The fraction of sp³-hybridized carbons (Fsp3) is 0.0588. The van der Waals surface area contributed by atoms with E-state index in [1.54, 1.807) is 31.4 Å². The van der Waals surface area contributed by atoms with Crippen molar-refractivity contribution in [1.29, 1.82) is 0 Å². The molecule has 2 aromatic heterocycles. The highest BCUT2D eigenvalue weighted by atomic mass is 35.5. The van der Waals surface area contributed by atoms with Crippen LogP contribution in [-0.4, -0.2) is 22.4 Å². The standard InChI is InChI=1S/C17H14ClN3O2/c1-23-13-6-4-5-12(11-13)19-16(22)9-8-14-17(18)20-15-7-2-3-10-21(14)15/h2-11H,1H3,(H,19,22)/b9-8+. The molecule has 3 aromatic rings. The average molecular weight is 328 g/mol. The maximum atomic E-state index is 12.0. The van der Waals surface area contributed by atoms with Gasteiger partial charge < -0.3 is 10.1 Å². The van der Waals surface area contributed by atoms with E-state index in [9.17, 15) is 4.79 Å². The van der Waals surface area contributed by atoms with Crippen LogP contribution in [0.15, 0.2) is 54.7 Å². The fourth-order valence-electron chi connectivity index (χ4n) is 2.17. The first kappa shape index (κ1) is 15.1. The number of hydrogen-bond acceptors (Lipinski definition) is 3. The molecule has 2 heterocycles. The molecule has 6 heteroatoms. The number of rotatable bonds is 4. The van der Waals surface area contributed by atoms with Crippen LogP contribution in [0.1, 0.15) is 5.69 Å². The van der Waals surface area contributed by atoms with Crippen LogP contribution < -0.4 is 10.1 Å². The number of hydrogen-bond donors (Lipinski definition) is 1. The molecule has 0 atom stereocenters. The van der Waals surface area contributed by atoms with Gasteiger partial charge in [0.1, 0.15) is 11.4 Å². The van der Waals surface area contributed by atoms with Gasteiger partial charge in [-0.3, -0.25) is 9.20 Å². The van der Waals surface area contributed by atoms with Crippen LogP contribution in [0.4, 0.5) is 5.69 Å². The monoisotopic (exact) mass is 327 g/mol. The summed E-state index contributed by atoms with van der Waals surface area (Å²) in [5, 5.41) is 3.12. The number of carbonyl (C=O) groups is 1. The zero-order valence-electron chi connectivity index (χ0n) is 12.4. The van der Waals surface area contributed by atoms with E-state index in [4.69, 9.17) is 16.3 Å². The van der Waals surface area contributed by atoms with Gasteiger partial charge in [-0.1, -0.05) is 23.7 Å². The minimum atomic E-state index is -0.264. The zero-order valence-corrected chi connectivity index (χ0v) is 13.1. The summed E-state index contributed by atoms with van der Waals surface area (Å²) < 4.78 is 6.94. The Labute approximate surface area is 138 Å². The maximum Gasteiger partial charge on any atom is 0.248 e. The van der Waals surface area contributed by atoms with Crippen LogP contribution in [-0.2, 0) is 4.79 Å². The van der Waals surface area contributed by atoms with Gasteiger partial charge in [-0.2, -0.15) is 0 Å². The van der Waals surface area contributed by atoms with Crippen LogP contribution in [0, 0.1) is 0 Å². The number of halogens is 1. The minimum Gasteiger partial charge on any atom is -0.497 e. The van der Waals surface area contributed by atoms with Crippen molar-refractivity contribution in [2.75, 3.05) is 12.4 Å². The van der Waals surface area contributed by atoms with Crippen molar-refractivity contribution in [1.82, 2.24) is 9.38 Å². The molecule has 5 nitrogen and oxygen atoms in total. The number of carbonyl (C=O) groups excluding carboxylic acids is 1. The van der Waals surface area contributed by atoms with Gasteiger partial charge in [0.05, 0.1) is 12.8 Å². The van der Waals surface area contributed by atoms with E-state index in [0.29, 0.717) is 22.3 Å². The summed E-state index contributed by atoms with van der Waals surface area (Å²) in [4.78, 5) is 16.3. The quantitative estimate of drug-likeness (QED) is 0.744. The van der Waals surface area contributed by atoms with E-state index < -0.39 is 0 Å². The van der Waals surface area contributed by atoms with E-state index in [2.05, 4.69) is 10.3 Å². The van der Waals surface area contributed by atoms with Crippen molar-refractivity contribution >= 4 is 34.9 Å². The number of pyridine rings is 1. The van der Waals surface area contributed by atoms with Crippen LogP contribution in [0.3, 0.4) is 0 Å². The molecule has 0 saturated carbocycles. The molecule has 0 aliphatic carbocycles. The van der Waals surface area contributed by atoms with Crippen molar-refractivity contribution in [3.8, 4) is 5.75 Å². The van der Waals surface area contributed by atoms with E-state index >= 15 is 0 Å². The number of anilines is 1. The first-order valence-electron chi connectivity index (χ1n) is 6.93. The van der Waals surface area contributed by atoms with Crippen molar-refractivity contribution < 1.29 is 9.53 Å². The lowest BCUT2D eigenvalue weighted by molar-refractivity contribution is -0.111. The Kier molecular flexibility index (Phi) is 4.30. The average Bonchev–Trinajstić information content (AvgIpc) is 2.88. The SMILES string of the molecule is COc1cccc(NC(=O)/C=C/c2c(Cl)nc3ccccn23)c1. The van der Waals surface area contributed by atoms with E-state index in [-0.39, 0.29) is 5.91 Å². The van der Waals surface area contributed by atoms with Crippen molar-refractivity contribution in [2.45, 2.75) is 0 Å². The molecule has 0 fully saturated rings. The maximum absolute atomic E-state index is 12.0. The van der Waals surface area contributed by atoms with Crippen LogP contribution >= 0.6 is 11.6 Å². The first-order chi connectivity index (χ1) is 11.2. The van der Waals surface area contributed by atoms with E-state index in [1.165, 1.54) is 6.08 Å². The van der Waals surface area contributed by atoms with Gasteiger partial charge in [0.15, 0.2) is 5.15 Å². The molecular weight excluding hydrogens is 314 g/mol. The lowest BCUT2D eigenvalue weighted by Crippen LogP contribution is -2.07. The lowest BCUT2D eigenvalue weighted by atomic mass is 10.3. The third kappa shape index (κ3) is 3.35. The molecule has 0 aliphatic rings. The number of aromatic nitrogens is 2.